The van der Waals surface area contributed by atoms with E-state index in [9.17, 15) is 4.79 Å². The Hall–Kier alpha value is -2.34. The van der Waals surface area contributed by atoms with Crippen molar-refractivity contribution in [2.75, 3.05) is 44.2 Å². The third-order valence-corrected chi connectivity index (χ3v) is 6.03. The van der Waals surface area contributed by atoms with Crippen molar-refractivity contribution in [3.8, 4) is 0 Å². The fourth-order valence-electron chi connectivity index (χ4n) is 4.61. The maximum Gasteiger partial charge on any atom is 0.274 e. The van der Waals surface area contributed by atoms with Gasteiger partial charge in [0, 0.05) is 75.7 Å². The van der Waals surface area contributed by atoms with Gasteiger partial charge in [-0.2, -0.15) is 5.10 Å². The minimum atomic E-state index is 0.104. The fraction of sp³-hybridized carbons (Fsp3) is 0.565. The van der Waals surface area contributed by atoms with Gasteiger partial charge in [0.2, 0.25) is 0 Å². The topological polar surface area (TPSA) is 44.6 Å². The zero-order valence-corrected chi connectivity index (χ0v) is 18.0. The lowest BCUT2D eigenvalue weighted by Crippen LogP contribution is -2.49. The monoisotopic (exact) mass is 395 g/mol. The van der Waals surface area contributed by atoms with Crippen molar-refractivity contribution in [2.24, 2.45) is 5.92 Å². The van der Waals surface area contributed by atoms with Gasteiger partial charge < -0.3 is 9.80 Å². The molecule has 1 saturated heterocycles. The molecule has 0 N–H and O–H groups in total. The van der Waals surface area contributed by atoms with Crippen molar-refractivity contribution in [3.63, 3.8) is 0 Å². The van der Waals surface area contributed by atoms with E-state index in [0.717, 1.165) is 64.3 Å². The van der Waals surface area contributed by atoms with E-state index in [1.54, 1.807) is 0 Å². The van der Waals surface area contributed by atoms with Crippen LogP contribution in [0.2, 0.25) is 0 Å². The lowest BCUT2D eigenvalue weighted by atomic mass is 10.0. The number of benzene rings is 1. The molecule has 0 bridgehead atoms. The van der Waals surface area contributed by atoms with Crippen molar-refractivity contribution < 1.29 is 4.79 Å². The number of nitrogens with zero attached hydrogens (tertiary/aromatic N) is 5. The van der Waals surface area contributed by atoms with Crippen molar-refractivity contribution in [3.05, 3.63) is 47.3 Å². The fourth-order valence-corrected chi connectivity index (χ4v) is 4.61. The van der Waals surface area contributed by atoms with E-state index in [2.05, 4.69) is 59.5 Å². The summed E-state index contributed by atoms with van der Waals surface area (Å²) in [5, 5.41) is 4.76. The molecule has 0 spiro atoms. The van der Waals surface area contributed by atoms with Gasteiger partial charge in [0.15, 0.2) is 5.69 Å². The van der Waals surface area contributed by atoms with E-state index in [1.165, 1.54) is 11.4 Å². The first-order chi connectivity index (χ1) is 14.1. The van der Waals surface area contributed by atoms with E-state index < -0.39 is 0 Å². The molecule has 156 valence electrons. The van der Waals surface area contributed by atoms with Crippen LogP contribution in [-0.2, 0) is 19.5 Å². The summed E-state index contributed by atoms with van der Waals surface area (Å²) in [5.41, 5.74) is 4.34. The molecule has 6 nitrogen and oxygen atoms in total. The van der Waals surface area contributed by atoms with Crippen LogP contribution in [0.1, 0.15) is 42.5 Å². The average molecular weight is 396 g/mol. The van der Waals surface area contributed by atoms with Crippen molar-refractivity contribution in [2.45, 2.75) is 40.3 Å². The molecule has 1 fully saturated rings. The summed E-state index contributed by atoms with van der Waals surface area (Å²) in [7, 11) is 0. The lowest BCUT2D eigenvalue weighted by molar-refractivity contribution is 0.0737. The molecule has 3 heterocycles. The third kappa shape index (κ3) is 4.17. The van der Waals surface area contributed by atoms with Crippen molar-refractivity contribution in [1.82, 2.24) is 19.6 Å². The van der Waals surface area contributed by atoms with Crippen molar-refractivity contribution >= 4 is 11.6 Å². The summed E-state index contributed by atoms with van der Waals surface area (Å²) in [4.78, 5) is 20.2. The van der Waals surface area contributed by atoms with Gasteiger partial charge in [0.25, 0.3) is 5.91 Å². The Morgan fingerprint density at radius 3 is 2.45 bits per heavy atom. The van der Waals surface area contributed by atoms with Crippen LogP contribution in [0, 0.1) is 5.92 Å². The molecule has 2 aromatic rings. The summed E-state index contributed by atoms with van der Waals surface area (Å²) in [6, 6.07) is 10.5. The number of piperazine rings is 1. The zero-order chi connectivity index (χ0) is 20.4. The summed E-state index contributed by atoms with van der Waals surface area (Å²) in [6.07, 6.45) is 0.984. The van der Waals surface area contributed by atoms with Gasteiger partial charge in [0.1, 0.15) is 0 Å². The van der Waals surface area contributed by atoms with Crippen molar-refractivity contribution in [1.29, 1.82) is 0 Å². The first-order valence-corrected chi connectivity index (χ1v) is 11.0. The number of para-hydroxylation sites is 1. The Labute approximate surface area is 174 Å². The molecule has 6 heteroatoms. The number of carbonyl (C=O) groups excluding carboxylic acids is 1. The Kier molecular flexibility index (Phi) is 5.90. The van der Waals surface area contributed by atoms with Gasteiger partial charge >= 0.3 is 0 Å². The summed E-state index contributed by atoms with van der Waals surface area (Å²) < 4.78 is 2.05. The second-order valence-corrected chi connectivity index (χ2v) is 8.58. The number of fused-ring (bicyclic) bond motifs is 1. The number of anilines is 1. The highest BCUT2D eigenvalue weighted by Crippen LogP contribution is 2.25. The number of hydrogen-bond acceptors (Lipinski definition) is 4. The number of aryl methyl sites for hydroxylation is 1. The quantitative estimate of drug-likeness (QED) is 0.781. The van der Waals surface area contributed by atoms with Crippen LogP contribution < -0.4 is 4.90 Å². The van der Waals surface area contributed by atoms with Gasteiger partial charge in [-0.05, 0) is 25.0 Å². The molecule has 0 unspecified atom stereocenters. The Morgan fingerprint density at radius 2 is 1.79 bits per heavy atom. The van der Waals surface area contributed by atoms with Crippen LogP contribution in [-0.4, -0.2) is 64.8 Å². The van der Waals surface area contributed by atoms with Gasteiger partial charge in [0.05, 0.1) is 0 Å². The smallest absolute Gasteiger partial charge is 0.274 e. The molecule has 1 amide bonds. The number of amides is 1. The molecule has 0 saturated carbocycles. The second-order valence-electron chi connectivity index (χ2n) is 8.58. The van der Waals surface area contributed by atoms with Crippen LogP contribution in [0.25, 0.3) is 0 Å². The first-order valence-electron chi connectivity index (χ1n) is 11.0. The molecular formula is C23H33N5O. The second kappa shape index (κ2) is 8.57. The van der Waals surface area contributed by atoms with E-state index in [4.69, 9.17) is 5.10 Å². The van der Waals surface area contributed by atoms with E-state index >= 15 is 0 Å². The Morgan fingerprint density at radius 1 is 1.07 bits per heavy atom. The largest absolute Gasteiger partial charge is 0.368 e. The SMILES string of the molecule is CCn1nc(C(=O)N2CCN(c3ccccc3)CC2)c2c1CCN(CC(C)C)C2. The third-order valence-electron chi connectivity index (χ3n) is 6.03. The minimum absolute atomic E-state index is 0.104. The number of rotatable bonds is 5. The molecule has 2 aliphatic rings. The highest BCUT2D eigenvalue weighted by molar-refractivity contribution is 5.94. The molecule has 1 aromatic heterocycles. The molecule has 0 radical (unpaired) electrons. The van der Waals surface area contributed by atoms with Gasteiger partial charge in [-0.15, -0.1) is 0 Å². The molecule has 4 rings (SSSR count). The maximum absolute atomic E-state index is 13.4. The molecular weight excluding hydrogens is 362 g/mol. The van der Waals surface area contributed by atoms with E-state index in [0.29, 0.717) is 11.6 Å². The van der Waals surface area contributed by atoms with E-state index in [1.807, 2.05) is 11.0 Å². The maximum atomic E-state index is 13.4. The Balaban J connectivity index is 1.49. The van der Waals surface area contributed by atoms with Crippen LogP contribution in [0.3, 0.4) is 0 Å². The summed E-state index contributed by atoms with van der Waals surface area (Å²) in [5.74, 6) is 0.732. The lowest BCUT2D eigenvalue weighted by Gasteiger charge is -2.36. The minimum Gasteiger partial charge on any atom is -0.368 e. The standard InChI is InChI=1S/C23H33N5O/c1-4-28-21-10-11-25(16-18(2)3)17-20(21)22(24-28)23(29)27-14-12-26(13-15-27)19-8-6-5-7-9-19/h5-9,18H,4,10-17H2,1-3H3. The molecule has 1 aromatic carbocycles. The van der Waals surface area contributed by atoms with Crippen LogP contribution >= 0.6 is 0 Å². The number of carbonyl (C=O) groups is 1. The molecule has 2 aliphatic heterocycles. The van der Waals surface area contributed by atoms with Gasteiger partial charge in [-0.1, -0.05) is 32.0 Å². The number of aromatic nitrogens is 2. The zero-order valence-electron chi connectivity index (χ0n) is 18.0. The first kappa shape index (κ1) is 20.0. The normalized spacial score (nSPS) is 17.7. The summed E-state index contributed by atoms with van der Waals surface area (Å²) >= 11 is 0. The predicted molar refractivity (Wildman–Crippen MR) is 116 cm³/mol. The molecule has 0 aliphatic carbocycles. The molecule has 0 atom stereocenters. The van der Waals surface area contributed by atoms with E-state index in [-0.39, 0.29) is 5.91 Å². The highest BCUT2D eigenvalue weighted by atomic mass is 16.2. The van der Waals surface area contributed by atoms with Gasteiger partial charge in [-0.25, -0.2) is 0 Å². The average Bonchev–Trinajstić information content (AvgIpc) is 3.11. The van der Waals surface area contributed by atoms with Crippen LogP contribution in [0.15, 0.2) is 30.3 Å². The van der Waals surface area contributed by atoms with Crippen LogP contribution in [0.5, 0.6) is 0 Å². The highest BCUT2D eigenvalue weighted by Gasteiger charge is 2.31. The predicted octanol–water partition coefficient (Wildman–Crippen LogP) is 2.88. The Bertz CT molecular complexity index is 836. The molecule has 29 heavy (non-hydrogen) atoms. The summed E-state index contributed by atoms with van der Waals surface area (Å²) in [6.45, 7) is 13.6. The number of hydrogen-bond donors (Lipinski definition) is 0. The van der Waals surface area contributed by atoms with Gasteiger partial charge in [-0.3, -0.25) is 14.4 Å². The van der Waals surface area contributed by atoms with Crippen LogP contribution in [0.4, 0.5) is 5.69 Å².